The zero-order valence-corrected chi connectivity index (χ0v) is 25.1. The molecule has 4 rings (SSSR count). The second-order valence-electron chi connectivity index (χ2n) is 12.0. The van der Waals surface area contributed by atoms with E-state index in [0.29, 0.717) is 50.5 Å². The minimum Gasteiger partial charge on any atom is -0.478 e. The number of piperazine rings is 1. The summed E-state index contributed by atoms with van der Waals surface area (Å²) in [4.78, 5) is 42.3. The van der Waals surface area contributed by atoms with Gasteiger partial charge in [-0.3, -0.25) is 14.5 Å². The van der Waals surface area contributed by atoms with Crippen LogP contribution in [-0.2, 0) is 16.1 Å². The van der Waals surface area contributed by atoms with Gasteiger partial charge in [-0.1, -0.05) is 46.2 Å². The molecule has 0 aromatic heterocycles. The van der Waals surface area contributed by atoms with E-state index in [1.807, 2.05) is 45.0 Å². The fraction of sp³-hybridized carbons (Fsp3) is 0.516. The average molecular weight is 588 g/mol. The maximum atomic E-state index is 13.6. The number of carboxylic acids is 1. The molecule has 2 aliphatic heterocycles. The quantitative estimate of drug-likeness (QED) is 0.396. The summed E-state index contributed by atoms with van der Waals surface area (Å²) in [5, 5.41) is 22.8. The number of aliphatic hydroxyl groups is 1. The van der Waals surface area contributed by atoms with Crippen LogP contribution >= 0.6 is 12.4 Å². The zero-order valence-electron chi connectivity index (χ0n) is 24.3. The maximum Gasteiger partial charge on any atom is 0.335 e. The van der Waals surface area contributed by atoms with E-state index in [0.717, 1.165) is 18.4 Å². The number of carbonyl (C=O) groups excluding carboxylic acids is 2. The van der Waals surface area contributed by atoms with E-state index in [4.69, 9.17) is 9.84 Å². The molecule has 2 aliphatic rings. The average Bonchev–Trinajstić information content (AvgIpc) is 2.92. The standard InChI is InChI=1S/C31H41N3O6.ClH/c1-5-6-17-34-27(36)25(26(35)30(2,3)4)32-29(39)31(34)15-18-33(19-16-31)20-21-7-11-23(12-8-21)40-24-13-9-22(10-14-24)28(37)38;/h7-14,25-26,35H,5-6,15-20H2,1-4H3,(H,32,39)(H,37,38);1H/t25-,26+;/m1./s1. The molecular formula is C31H42ClN3O6. The van der Waals surface area contributed by atoms with E-state index in [1.54, 1.807) is 17.0 Å². The first-order chi connectivity index (χ1) is 18.9. The number of hydrogen-bond acceptors (Lipinski definition) is 6. The van der Waals surface area contributed by atoms with Gasteiger partial charge in [0.1, 0.15) is 23.1 Å². The minimum atomic E-state index is -0.979. The Kier molecular flexibility index (Phi) is 10.4. The molecule has 2 amide bonds. The van der Waals surface area contributed by atoms with Crippen molar-refractivity contribution in [1.29, 1.82) is 0 Å². The minimum absolute atomic E-state index is 0. The van der Waals surface area contributed by atoms with Crippen molar-refractivity contribution in [2.75, 3.05) is 19.6 Å². The first-order valence-corrected chi connectivity index (χ1v) is 14.1. The summed E-state index contributed by atoms with van der Waals surface area (Å²) in [6.45, 7) is 10.2. The molecule has 0 radical (unpaired) electrons. The highest BCUT2D eigenvalue weighted by atomic mass is 35.5. The van der Waals surface area contributed by atoms with Gasteiger partial charge in [0.05, 0.1) is 11.7 Å². The maximum absolute atomic E-state index is 13.6. The number of nitrogens with zero attached hydrogens (tertiary/aromatic N) is 2. The van der Waals surface area contributed by atoms with Crippen molar-refractivity contribution >= 4 is 30.2 Å². The Bertz CT molecular complexity index is 1200. The Labute approximate surface area is 248 Å². The molecule has 0 bridgehead atoms. The summed E-state index contributed by atoms with van der Waals surface area (Å²) < 4.78 is 5.84. The number of benzene rings is 2. The van der Waals surface area contributed by atoms with Crippen LogP contribution in [0.2, 0.25) is 0 Å². The molecular weight excluding hydrogens is 546 g/mol. The van der Waals surface area contributed by atoms with Crippen molar-refractivity contribution in [3.63, 3.8) is 0 Å². The number of hydrogen-bond donors (Lipinski definition) is 3. The van der Waals surface area contributed by atoms with Gasteiger partial charge >= 0.3 is 5.97 Å². The number of aliphatic hydroxyl groups excluding tert-OH is 1. The highest BCUT2D eigenvalue weighted by Gasteiger charge is 2.55. The summed E-state index contributed by atoms with van der Waals surface area (Å²) >= 11 is 0. The molecule has 3 N–H and O–H groups in total. The van der Waals surface area contributed by atoms with Crippen LogP contribution in [0.1, 0.15) is 69.3 Å². The number of ether oxygens (including phenoxy) is 1. The summed E-state index contributed by atoms with van der Waals surface area (Å²) in [5.74, 6) is -0.108. The van der Waals surface area contributed by atoms with Gasteiger partial charge in [-0.15, -0.1) is 12.4 Å². The van der Waals surface area contributed by atoms with E-state index < -0.39 is 29.1 Å². The Balaban J connectivity index is 0.00000462. The third-order valence-corrected chi connectivity index (χ3v) is 8.05. The van der Waals surface area contributed by atoms with Crippen LogP contribution in [0.3, 0.4) is 0 Å². The number of unbranched alkanes of at least 4 members (excludes halogenated alkanes) is 1. The van der Waals surface area contributed by atoms with Crippen molar-refractivity contribution in [2.24, 2.45) is 5.41 Å². The Morgan fingerprint density at radius 3 is 2.12 bits per heavy atom. The third kappa shape index (κ3) is 7.20. The number of rotatable bonds is 9. The van der Waals surface area contributed by atoms with Crippen molar-refractivity contribution in [3.8, 4) is 11.5 Å². The van der Waals surface area contributed by atoms with Gasteiger partial charge in [-0.25, -0.2) is 4.79 Å². The molecule has 2 heterocycles. The number of likely N-dealkylation sites (tertiary alicyclic amines) is 1. The smallest absolute Gasteiger partial charge is 0.335 e. The van der Waals surface area contributed by atoms with Crippen molar-refractivity contribution in [2.45, 2.75) is 77.6 Å². The molecule has 10 heteroatoms. The molecule has 9 nitrogen and oxygen atoms in total. The molecule has 2 aromatic rings. The van der Waals surface area contributed by atoms with E-state index in [1.165, 1.54) is 12.1 Å². The van der Waals surface area contributed by atoms with Gasteiger partial charge in [-0.05, 0) is 66.6 Å². The lowest BCUT2D eigenvalue weighted by Crippen LogP contribution is -2.75. The van der Waals surface area contributed by atoms with Gasteiger partial charge in [0.15, 0.2) is 0 Å². The van der Waals surface area contributed by atoms with E-state index in [2.05, 4.69) is 17.1 Å². The fourth-order valence-corrected chi connectivity index (χ4v) is 5.49. The number of nitrogens with one attached hydrogen (secondary N) is 1. The van der Waals surface area contributed by atoms with Crippen LogP contribution in [0.25, 0.3) is 0 Å². The predicted molar refractivity (Wildman–Crippen MR) is 158 cm³/mol. The topological polar surface area (TPSA) is 119 Å². The van der Waals surface area contributed by atoms with Gasteiger partial charge in [-0.2, -0.15) is 0 Å². The Morgan fingerprint density at radius 1 is 1.05 bits per heavy atom. The number of carbonyl (C=O) groups is 3. The van der Waals surface area contributed by atoms with Crippen LogP contribution < -0.4 is 10.1 Å². The number of aromatic carboxylic acids is 1. The normalized spacial score (nSPS) is 19.8. The van der Waals surface area contributed by atoms with Crippen molar-refractivity contribution in [1.82, 2.24) is 15.1 Å². The molecule has 2 aromatic carbocycles. The lowest BCUT2D eigenvalue weighted by atomic mass is 9.78. The second kappa shape index (κ2) is 13.2. The number of carboxylic acid groups (broad SMARTS) is 1. The lowest BCUT2D eigenvalue weighted by Gasteiger charge is -2.53. The van der Waals surface area contributed by atoms with E-state index in [-0.39, 0.29) is 29.8 Å². The second-order valence-corrected chi connectivity index (χ2v) is 12.0. The SMILES string of the molecule is CCCCN1C(=O)[C@@H]([C@H](O)C(C)(C)C)NC(=O)C12CCN(Cc1ccc(Oc3ccc(C(=O)O)cc3)cc1)CC2.Cl. The van der Waals surface area contributed by atoms with Crippen LogP contribution in [0.5, 0.6) is 11.5 Å². The highest BCUT2D eigenvalue weighted by Crippen LogP contribution is 2.36. The third-order valence-electron chi connectivity index (χ3n) is 8.05. The summed E-state index contributed by atoms with van der Waals surface area (Å²) in [7, 11) is 0. The number of halogens is 1. The highest BCUT2D eigenvalue weighted by molar-refractivity contribution is 6.00. The summed E-state index contributed by atoms with van der Waals surface area (Å²) in [6, 6.07) is 13.1. The number of amides is 2. The molecule has 41 heavy (non-hydrogen) atoms. The molecule has 2 saturated heterocycles. The molecule has 0 unspecified atom stereocenters. The zero-order chi connectivity index (χ0) is 29.1. The van der Waals surface area contributed by atoms with Gasteiger partial charge in [0.2, 0.25) is 11.8 Å². The molecule has 0 saturated carbocycles. The lowest BCUT2D eigenvalue weighted by molar-refractivity contribution is -0.166. The summed E-state index contributed by atoms with van der Waals surface area (Å²) in [5.41, 5.74) is -0.115. The van der Waals surface area contributed by atoms with E-state index in [9.17, 15) is 19.5 Å². The molecule has 0 aliphatic carbocycles. The number of piperidine rings is 1. The van der Waals surface area contributed by atoms with Crippen LogP contribution in [0, 0.1) is 5.41 Å². The Morgan fingerprint density at radius 2 is 1.61 bits per heavy atom. The van der Waals surface area contributed by atoms with Gasteiger partial charge in [0, 0.05) is 26.2 Å². The largest absolute Gasteiger partial charge is 0.478 e. The fourth-order valence-electron chi connectivity index (χ4n) is 5.49. The first kappa shape index (κ1) is 32.4. The van der Waals surface area contributed by atoms with Crippen LogP contribution in [-0.4, -0.2) is 75.1 Å². The monoisotopic (exact) mass is 587 g/mol. The van der Waals surface area contributed by atoms with Crippen molar-refractivity contribution in [3.05, 3.63) is 59.7 Å². The van der Waals surface area contributed by atoms with Crippen LogP contribution in [0.4, 0.5) is 0 Å². The molecule has 1 spiro atoms. The Hall–Kier alpha value is -3.14. The van der Waals surface area contributed by atoms with E-state index >= 15 is 0 Å². The van der Waals surface area contributed by atoms with Gasteiger partial charge < -0.3 is 25.2 Å². The van der Waals surface area contributed by atoms with Crippen molar-refractivity contribution < 1.29 is 29.3 Å². The molecule has 224 valence electrons. The van der Waals surface area contributed by atoms with Gasteiger partial charge in [0.25, 0.3) is 0 Å². The molecule has 2 atom stereocenters. The summed E-state index contributed by atoms with van der Waals surface area (Å²) in [6.07, 6.45) is 1.83. The predicted octanol–water partition coefficient (Wildman–Crippen LogP) is 4.47. The molecule has 2 fully saturated rings. The van der Waals surface area contributed by atoms with Crippen LogP contribution in [0.15, 0.2) is 48.5 Å². The first-order valence-electron chi connectivity index (χ1n) is 14.1.